The lowest BCUT2D eigenvalue weighted by Crippen LogP contribution is -2.69. The van der Waals surface area contributed by atoms with E-state index in [1.807, 2.05) is 30.3 Å². The van der Waals surface area contributed by atoms with E-state index in [2.05, 4.69) is 5.32 Å². The van der Waals surface area contributed by atoms with Crippen LogP contribution in [0.3, 0.4) is 0 Å². The number of benzene rings is 1. The van der Waals surface area contributed by atoms with Gasteiger partial charge in [-0.1, -0.05) is 30.3 Å². The van der Waals surface area contributed by atoms with Crippen molar-refractivity contribution in [3.8, 4) is 0 Å². The Morgan fingerprint density at radius 1 is 1.26 bits per heavy atom. The third-order valence-electron chi connectivity index (χ3n) is 4.16. The number of hydrogen-bond donors (Lipinski definition) is 1. The summed E-state index contributed by atoms with van der Waals surface area (Å²) in [4.78, 5) is 39.3. The first-order valence-electron chi connectivity index (χ1n) is 7.63. The smallest absolute Gasteiger partial charge is 0.410 e. The molecule has 0 bridgehead atoms. The zero-order valence-corrected chi connectivity index (χ0v) is 12.9. The Kier molecular flexibility index (Phi) is 4.18. The number of piperazine rings is 2. The number of fused-ring (bicyclic) bond motifs is 1. The third-order valence-corrected chi connectivity index (χ3v) is 4.16. The van der Waals surface area contributed by atoms with Crippen LogP contribution in [0.1, 0.15) is 12.5 Å². The Balaban J connectivity index is 1.59. The van der Waals surface area contributed by atoms with Gasteiger partial charge in [0.25, 0.3) is 0 Å². The summed E-state index contributed by atoms with van der Waals surface area (Å²) in [6, 6.07) is 8.26. The van der Waals surface area contributed by atoms with Crippen LogP contribution >= 0.6 is 0 Å². The van der Waals surface area contributed by atoms with Crippen molar-refractivity contribution < 1.29 is 19.1 Å². The largest absolute Gasteiger partial charge is 0.445 e. The van der Waals surface area contributed by atoms with Crippen LogP contribution in [0.2, 0.25) is 0 Å². The number of carbonyl (C=O) groups is 3. The molecule has 2 aliphatic rings. The van der Waals surface area contributed by atoms with Crippen molar-refractivity contribution in [2.45, 2.75) is 25.6 Å². The average molecular weight is 317 g/mol. The van der Waals surface area contributed by atoms with Crippen LogP contribution in [-0.2, 0) is 20.9 Å². The highest BCUT2D eigenvalue weighted by atomic mass is 16.6. The van der Waals surface area contributed by atoms with Gasteiger partial charge in [0.15, 0.2) is 0 Å². The Hall–Kier alpha value is -2.57. The number of rotatable bonds is 2. The lowest BCUT2D eigenvalue weighted by Gasteiger charge is -2.44. The van der Waals surface area contributed by atoms with E-state index in [1.54, 1.807) is 11.8 Å². The maximum Gasteiger partial charge on any atom is 0.410 e. The lowest BCUT2D eigenvalue weighted by atomic mass is 10.1. The molecule has 2 aliphatic heterocycles. The molecule has 122 valence electrons. The molecule has 1 unspecified atom stereocenters. The molecule has 2 saturated heterocycles. The molecule has 3 amide bonds. The number of nitrogens with one attached hydrogen (secondary N) is 1. The molecule has 0 saturated carbocycles. The third kappa shape index (κ3) is 3.13. The highest BCUT2D eigenvalue weighted by Gasteiger charge is 2.43. The van der Waals surface area contributed by atoms with E-state index < -0.39 is 18.2 Å². The van der Waals surface area contributed by atoms with Crippen molar-refractivity contribution in [1.82, 2.24) is 15.1 Å². The van der Waals surface area contributed by atoms with Crippen LogP contribution in [0.15, 0.2) is 30.3 Å². The molecular formula is C16H19N3O4. The SMILES string of the molecule is C[C@@H]1NC(=O)C2CN(C(=O)OCc3ccccc3)CCN2C1=O. The zero-order valence-electron chi connectivity index (χ0n) is 12.9. The first-order valence-corrected chi connectivity index (χ1v) is 7.63. The molecule has 23 heavy (non-hydrogen) atoms. The molecule has 3 rings (SSSR count). The second-order valence-corrected chi connectivity index (χ2v) is 5.76. The zero-order chi connectivity index (χ0) is 16.4. The van der Waals surface area contributed by atoms with Gasteiger partial charge in [-0.3, -0.25) is 9.59 Å². The molecule has 2 fully saturated rings. The van der Waals surface area contributed by atoms with Gasteiger partial charge in [-0.15, -0.1) is 0 Å². The van der Waals surface area contributed by atoms with E-state index in [9.17, 15) is 14.4 Å². The van der Waals surface area contributed by atoms with Crippen LogP contribution in [-0.4, -0.2) is 59.4 Å². The molecule has 0 aliphatic carbocycles. The fraction of sp³-hybridized carbons (Fsp3) is 0.438. The average Bonchev–Trinajstić information content (AvgIpc) is 2.58. The van der Waals surface area contributed by atoms with Crippen LogP contribution < -0.4 is 5.32 Å². The standard InChI is InChI=1S/C16H19N3O4/c1-11-15(21)19-8-7-18(9-13(19)14(20)17-11)16(22)23-10-12-5-3-2-4-6-12/h2-6,11,13H,7-10H2,1H3,(H,17,20)/t11-,13?/m0/s1. The van der Waals surface area contributed by atoms with Gasteiger partial charge >= 0.3 is 6.09 Å². The van der Waals surface area contributed by atoms with Crippen LogP contribution in [0, 0.1) is 0 Å². The molecule has 2 heterocycles. The van der Waals surface area contributed by atoms with Crippen molar-refractivity contribution in [3.63, 3.8) is 0 Å². The van der Waals surface area contributed by atoms with Crippen LogP contribution in [0.5, 0.6) is 0 Å². The van der Waals surface area contributed by atoms with E-state index in [1.165, 1.54) is 4.90 Å². The molecule has 2 atom stereocenters. The second kappa shape index (κ2) is 6.28. The highest BCUT2D eigenvalue weighted by Crippen LogP contribution is 2.17. The molecule has 7 heteroatoms. The minimum Gasteiger partial charge on any atom is -0.445 e. The molecule has 0 radical (unpaired) electrons. The van der Waals surface area contributed by atoms with E-state index >= 15 is 0 Å². The maximum atomic E-state index is 12.2. The fourth-order valence-electron chi connectivity index (χ4n) is 2.87. The van der Waals surface area contributed by atoms with Crippen molar-refractivity contribution >= 4 is 17.9 Å². The fourth-order valence-corrected chi connectivity index (χ4v) is 2.87. The lowest BCUT2D eigenvalue weighted by molar-refractivity contribution is -0.151. The van der Waals surface area contributed by atoms with E-state index in [-0.39, 0.29) is 25.0 Å². The van der Waals surface area contributed by atoms with E-state index in [0.29, 0.717) is 13.1 Å². The normalized spacial score (nSPS) is 24.0. The molecule has 1 aromatic carbocycles. The molecule has 0 spiro atoms. The summed E-state index contributed by atoms with van der Waals surface area (Å²) in [5.74, 6) is -0.329. The predicted molar refractivity (Wildman–Crippen MR) is 81.3 cm³/mol. The monoisotopic (exact) mass is 317 g/mol. The van der Waals surface area contributed by atoms with Gasteiger partial charge < -0.3 is 19.9 Å². The van der Waals surface area contributed by atoms with Crippen molar-refractivity contribution in [2.24, 2.45) is 0 Å². The quantitative estimate of drug-likeness (QED) is 0.854. The molecular weight excluding hydrogens is 298 g/mol. The Morgan fingerprint density at radius 3 is 2.74 bits per heavy atom. The summed E-state index contributed by atoms with van der Waals surface area (Å²) < 4.78 is 5.28. The van der Waals surface area contributed by atoms with Crippen molar-refractivity contribution in [2.75, 3.05) is 19.6 Å². The van der Waals surface area contributed by atoms with Crippen molar-refractivity contribution in [3.05, 3.63) is 35.9 Å². The molecule has 7 nitrogen and oxygen atoms in total. The minimum atomic E-state index is -0.628. The first kappa shape index (κ1) is 15.3. The van der Waals surface area contributed by atoms with Gasteiger partial charge in [-0.25, -0.2) is 4.79 Å². The van der Waals surface area contributed by atoms with Gasteiger partial charge in [0, 0.05) is 13.1 Å². The highest BCUT2D eigenvalue weighted by molar-refractivity contribution is 5.97. The topological polar surface area (TPSA) is 79.0 Å². The summed E-state index contributed by atoms with van der Waals surface area (Å²) in [5.41, 5.74) is 0.902. The number of amides is 3. The number of hydrogen-bond acceptors (Lipinski definition) is 4. The van der Waals surface area contributed by atoms with Gasteiger partial charge in [-0.2, -0.15) is 0 Å². The molecule has 0 aromatic heterocycles. The Labute approximate surface area is 134 Å². The molecule has 1 aromatic rings. The summed E-state index contributed by atoms with van der Waals surface area (Å²) in [6.45, 7) is 2.74. The second-order valence-electron chi connectivity index (χ2n) is 5.76. The summed E-state index contributed by atoms with van der Waals surface area (Å²) in [5, 5.41) is 2.64. The van der Waals surface area contributed by atoms with Crippen LogP contribution in [0.25, 0.3) is 0 Å². The predicted octanol–water partition coefficient (Wildman–Crippen LogP) is 0.354. The van der Waals surface area contributed by atoms with E-state index in [4.69, 9.17) is 4.74 Å². The number of ether oxygens (including phenoxy) is 1. The van der Waals surface area contributed by atoms with Crippen LogP contribution in [0.4, 0.5) is 4.79 Å². The van der Waals surface area contributed by atoms with E-state index in [0.717, 1.165) is 5.56 Å². The van der Waals surface area contributed by atoms with Gasteiger partial charge in [0.2, 0.25) is 11.8 Å². The minimum absolute atomic E-state index is 0.105. The molecule has 1 N–H and O–H groups in total. The summed E-state index contributed by atoms with van der Waals surface area (Å²) >= 11 is 0. The van der Waals surface area contributed by atoms with Gasteiger partial charge in [0.05, 0.1) is 6.54 Å². The first-order chi connectivity index (χ1) is 11.1. The maximum absolute atomic E-state index is 12.2. The van der Waals surface area contributed by atoms with Crippen molar-refractivity contribution in [1.29, 1.82) is 0 Å². The van der Waals surface area contributed by atoms with Gasteiger partial charge in [-0.05, 0) is 12.5 Å². The number of nitrogens with zero attached hydrogens (tertiary/aromatic N) is 2. The Bertz CT molecular complexity index is 619. The van der Waals surface area contributed by atoms with Gasteiger partial charge in [0.1, 0.15) is 18.7 Å². The summed E-state index contributed by atoms with van der Waals surface area (Å²) in [7, 11) is 0. The number of carbonyl (C=O) groups excluding carboxylic acids is 3. The Morgan fingerprint density at radius 2 is 2.00 bits per heavy atom. The summed E-state index contributed by atoms with van der Waals surface area (Å²) in [6.07, 6.45) is -0.465.